The number of hydrogen-bond donors (Lipinski definition) is 1. The molecule has 19 heavy (non-hydrogen) atoms. The molecule has 1 heterocycles. The van der Waals surface area contributed by atoms with Gasteiger partial charge in [0.25, 0.3) is 0 Å². The third kappa shape index (κ3) is 4.22. The maximum absolute atomic E-state index is 5.58. The molecule has 3 nitrogen and oxygen atoms in total. The average Bonchev–Trinajstić information content (AvgIpc) is 2.39. The van der Waals surface area contributed by atoms with E-state index in [4.69, 9.17) is 9.47 Å². The Balaban J connectivity index is 1.88. The molecule has 2 rings (SSSR count). The Morgan fingerprint density at radius 1 is 1.42 bits per heavy atom. The summed E-state index contributed by atoms with van der Waals surface area (Å²) in [6.45, 7) is 5.27. The molecule has 0 radical (unpaired) electrons. The molecule has 106 valence electrons. The standard InChI is InChI=1S/C16H25NO2/c1-12(17-15-8-9-19-13(2)11-15)10-14-6-4-5-7-16(14)18-3/h4-7,12-13,15,17H,8-11H2,1-3H3. The van der Waals surface area contributed by atoms with Crippen LogP contribution in [0.5, 0.6) is 5.75 Å². The Morgan fingerprint density at radius 3 is 2.95 bits per heavy atom. The molecule has 3 atom stereocenters. The topological polar surface area (TPSA) is 30.5 Å². The number of nitrogens with one attached hydrogen (secondary N) is 1. The summed E-state index contributed by atoms with van der Waals surface area (Å²) in [5.41, 5.74) is 1.27. The van der Waals surface area contributed by atoms with Gasteiger partial charge in [-0.15, -0.1) is 0 Å². The summed E-state index contributed by atoms with van der Waals surface area (Å²) in [7, 11) is 1.73. The molecule has 3 unspecified atom stereocenters. The van der Waals surface area contributed by atoms with E-state index in [0.29, 0.717) is 18.2 Å². The smallest absolute Gasteiger partial charge is 0.122 e. The molecule has 1 aliphatic heterocycles. The van der Waals surface area contributed by atoms with Gasteiger partial charge >= 0.3 is 0 Å². The van der Waals surface area contributed by atoms with Crippen LogP contribution in [0.3, 0.4) is 0 Å². The van der Waals surface area contributed by atoms with E-state index in [1.165, 1.54) is 5.56 Å². The van der Waals surface area contributed by atoms with Gasteiger partial charge in [0.05, 0.1) is 13.2 Å². The molecule has 0 aromatic heterocycles. The number of rotatable bonds is 5. The maximum atomic E-state index is 5.58. The lowest BCUT2D eigenvalue weighted by molar-refractivity contribution is 0.0116. The molecule has 1 aromatic rings. The van der Waals surface area contributed by atoms with E-state index in [1.807, 2.05) is 12.1 Å². The van der Waals surface area contributed by atoms with Crippen LogP contribution < -0.4 is 10.1 Å². The summed E-state index contributed by atoms with van der Waals surface area (Å²) in [6.07, 6.45) is 3.59. The molecule has 1 N–H and O–H groups in total. The Labute approximate surface area is 116 Å². The van der Waals surface area contributed by atoms with Crippen molar-refractivity contribution in [3.63, 3.8) is 0 Å². The summed E-state index contributed by atoms with van der Waals surface area (Å²) >= 11 is 0. The lowest BCUT2D eigenvalue weighted by atomic mass is 10.0. The molecular weight excluding hydrogens is 238 g/mol. The minimum absolute atomic E-state index is 0.379. The number of ether oxygens (including phenoxy) is 2. The van der Waals surface area contributed by atoms with Crippen LogP contribution in [-0.2, 0) is 11.2 Å². The van der Waals surface area contributed by atoms with Gasteiger partial charge < -0.3 is 14.8 Å². The highest BCUT2D eigenvalue weighted by molar-refractivity contribution is 5.33. The van der Waals surface area contributed by atoms with Crippen LogP contribution in [0.2, 0.25) is 0 Å². The third-order valence-corrected chi connectivity index (χ3v) is 3.72. The van der Waals surface area contributed by atoms with E-state index < -0.39 is 0 Å². The lowest BCUT2D eigenvalue weighted by Crippen LogP contribution is -2.43. The van der Waals surface area contributed by atoms with Crippen LogP contribution in [0.4, 0.5) is 0 Å². The molecular formula is C16H25NO2. The van der Waals surface area contributed by atoms with Crippen molar-refractivity contribution >= 4 is 0 Å². The van der Waals surface area contributed by atoms with Crippen molar-refractivity contribution < 1.29 is 9.47 Å². The minimum atomic E-state index is 0.379. The molecule has 1 saturated heterocycles. The zero-order chi connectivity index (χ0) is 13.7. The zero-order valence-electron chi connectivity index (χ0n) is 12.2. The quantitative estimate of drug-likeness (QED) is 0.886. The predicted octanol–water partition coefficient (Wildman–Crippen LogP) is 2.78. The number of para-hydroxylation sites is 1. The van der Waals surface area contributed by atoms with Crippen LogP contribution in [-0.4, -0.2) is 31.9 Å². The second-order valence-electron chi connectivity index (χ2n) is 5.49. The summed E-state index contributed by atoms with van der Waals surface area (Å²) in [4.78, 5) is 0. The largest absolute Gasteiger partial charge is 0.496 e. The van der Waals surface area contributed by atoms with E-state index in [-0.39, 0.29) is 0 Å². The lowest BCUT2D eigenvalue weighted by Gasteiger charge is -2.30. The first-order valence-corrected chi connectivity index (χ1v) is 7.18. The van der Waals surface area contributed by atoms with Gasteiger partial charge in [-0.2, -0.15) is 0 Å². The molecule has 0 bridgehead atoms. The van der Waals surface area contributed by atoms with Crippen LogP contribution in [0.25, 0.3) is 0 Å². The van der Waals surface area contributed by atoms with Gasteiger partial charge in [-0.25, -0.2) is 0 Å². The van der Waals surface area contributed by atoms with E-state index in [9.17, 15) is 0 Å². The fourth-order valence-electron chi connectivity index (χ4n) is 2.81. The van der Waals surface area contributed by atoms with E-state index in [2.05, 4.69) is 31.3 Å². The van der Waals surface area contributed by atoms with Crippen molar-refractivity contribution in [2.75, 3.05) is 13.7 Å². The zero-order valence-corrected chi connectivity index (χ0v) is 12.2. The molecule has 1 fully saturated rings. The molecule has 0 saturated carbocycles. The second kappa shape index (κ2) is 6.92. The Kier molecular flexibility index (Phi) is 5.23. The van der Waals surface area contributed by atoms with Crippen LogP contribution in [0, 0.1) is 0 Å². The van der Waals surface area contributed by atoms with Crippen LogP contribution in [0.1, 0.15) is 32.3 Å². The van der Waals surface area contributed by atoms with E-state index in [0.717, 1.165) is 31.6 Å². The minimum Gasteiger partial charge on any atom is -0.496 e. The first-order valence-electron chi connectivity index (χ1n) is 7.18. The van der Waals surface area contributed by atoms with Gasteiger partial charge in [-0.1, -0.05) is 18.2 Å². The molecule has 1 aromatic carbocycles. The normalized spacial score (nSPS) is 25.0. The van der Waals surface area contributed by atoms with Crippen molar-refractivity contribution in [2.24, 2.45) is 0 Å². The van der Waals surface area contributed by atoms with Gasteiger partial charge in [-0.3, -0.25) is 0 Å². The highest BCUT2D eigenvalue weighted by Gasteiger charge is 2.20. The van der Waals surface area contributed by atoms with Crippen LogP contribution in [0.15, 0.2) is 24.3 Å². The number of benzene rings is 1. The predicted molar refractivity (Wildman–Crippen MR) is 77.7 cm³/mol. The summed E-state index contributed by atoms with van der Waals surface area (Å²) in [5, 5.41) is 3.71. The number of methoxy groups -OCH3 is 1. The number of hydrogen-bond acceptors (Lipinski definition) is 3. The summed E-state index contributed by atoms with van der Waals surface area (Å²) < 4.78 is 11.0. The summed E-state index contributed by atoms with van der Waals surface area (Å²) in [5.74, 6) is 0.983. The molecule has 1 aliphatic rings. The Bertz CT molecular complexity index is 394. The first-order chi connectivity index (χ1) is 9.19. The van der Waals surface area contributed by atoms with E-state index in [1.54, 1.807) is 7.11 Å². The Morgan fingerprint density at radius 2 is 2.21 bits per heavy atom. The van der Waals surface area contributed by atoms with Gasteiger partial charge in [0.2, 0.25) is 0 Å². The monoisotopic (exact) mass is 263 g/mol. The average molecular weight is 263 g/mol. The fourth-order valence-corrected chi connectivity index (χ4v) is 2.81. The van der Waals surface area contributed by atoms with Gasteiger partial charge in [0.1, 0.15) is 5.75 Å². The van der Waals surface area contributed by atoms with Gasteiger partial charge in [0.15, 0.2) is 0 Å². The van der Waals surface area contributed by atoms with Crippen molar-refractivity contribution in [3.05, 3.63) is 29.8 Å². The van der Waals surface area contributed by atoms with Gasteiger partial charge in [0, 0.05) is 18.7 Å². The van der Waals surface area contributed by atoms with E-state index >= 15 is 0 Å². The second-order valence-corrected chi connectivity index (χ2v) is 5.49. The molecule has 3 heteroatoms. The third-order valence-electron chi connectivity index (χ3n) is 3.72. The molecule has 0 spiro atoms. The fraction of sp³-hybridized carbons (Fsp3) is 0.625. The van der Waals surface area contributed by atoms with Crippen molar-refractivity contribution in [2.45, 2.75) is 51.3 Å². The van der Waals surface area contributed by atoms with Crippen molar-refractivity contribution in [1.29, 1.82) is 0 Å². The Hall–Kier alpha value is -1.06. The highest BCUT2D eigenvalue weighted by atomic mass is 16.5. The summed E-state index contributed by atoms with van der Waals surface area (Å²) in [6, 6.07) is 9.28. The molecule has 0 aliphatic carbocycles. The first kappa shape index (κ1) is 14.4. The van der Waals surface area contributed by atoms with Gasteiger partial charge in [-0.05, 0) is 44.7 Å². The van der Waals surface area contributed by atoms with Crippen molar-refractivity contribution in [3.8, 4) is 5.75 Å². The van der Waals surface area contributed by atoms with Crippen LogP contribution >= 0.6 is 0 Å². The maximum Gasteiger partial charge on any atom is 0.122 e. The SMILES string of the molecule is COc1ccccc1CC(C)NC1CCOC(C)C1. The molecule has 0 amide bonds. The highest BCUT2D eigenvalue weighted by Crippen LogP contribution is 2.20. The van der Waals surface area contributed by atoms with Crippen molar-refractivity contribution in [1.82, 2.24) is 5.32 Å².